The smallest absolute Gasteiger partial charge is 0.234 e. The number of piperidine rings is 1. The van der Waals surface area contributed by atoms with Gasteiger partial charge in [-0.15, -0.1) is 0 Å². The third kappa shape index (κ3) is 6.76. The van der Waals surface area contributed by atoms with Gasteiger partial charge in [-0.1, -0.05) is 13.8 Å². The third-order valence-corrected chi connectivity index (χ3v) is 4.33. The van der Waals surface area contributed by atoms with Crippen molar-refractivity contribution in [3.05, 3.63) is 0 Å². The van der Waals surface area contributed by atoms with E-state index in [1.807, 2.05) is 0 Å². The molecule has 0 aromatic rings. The Kier molecular flexibility index (Phi) is 8.22. The Morgan fingerprint density at radius 2 is 2.10 bits per heavy atom. The van der Waals surface area contributed by atoms with Gasteiger partial charge in [0.1, 0.15) is 0 Å². The number of carbonyl (C=O) groups excluding carboxylic acids is 1. The molecular weight excluding hydrogens is 266 g/mol. The number of amides is 1. The van der Waals surface area contributed by atoms with E-state index >= 15 is 0 Å². The predicted molar refractivity (Wildman–Crippen MR) is 86.1 cm³/mol. The Labute approximate surface area is 129 Å². The second kappa shape index (κ2) is 9.38. The van der Waals surface area contributed by atoms with Crippen LogP contribution in [0.2, 0.25) is 0 Å². The molecule has 1 heterocycles. The van der Waals surface area contributed by atoms with Gasteiger partial charge in [-0.05, 0) is 38.5 Å². The van der Waals surface area contributed by atoms with Crippen LogP contribution in [0.25, 0.3) is 0 Å². The lowest BCUT2D eigenvalue weighted by atomic mass is 9.99. The number of nitrogens with one attached hydrogen (secondary N) is 1. The van der Waals surface area contributed by atoms with Gasteiger partial charge >= 0.3 is 0 Å². The normalized spacial score (nSPS) is 25.0. The van der Waals surface area contributed by atoms with E-state index in [1.165, 1.54) is 0 Å². The van der Waals surface area contributed by atoms with Crippen molar-refractivity contribution in [3.8, 4) is 0 Å². The summed E-state index contributed by atoms with van der Waals surface area (Å²) in [6.07, 6.45) is 4.36. The fourth-order valence-corrected chi connectivity index (χ4v) is 2.89. The number of ether oxygens (including phenoxy) is 1. The lowest BCUT2D eigenvalue weighted by Gasteiger charge is -2.38. The Balaban J connectivity index is 2.36. The van der Waals surface area contributed by atoms with Crippen molar-refractivity contribution >= 4 is 5.91 Å². The van der Waals surface area contributed by atoms with Crippen LogP contribution in [-0.2, 0) is 9.53 Å². The fraction of sp³-hybridized carbons (Fsp3) is 0.938. The van der Waals surface area contributed by atoms with Gasteiger partial charge in [-0.25, -0.2) is 0 Å². The molecule has 1 rings (SSSR count). The Bertz CT molecular complexity index is 310. The summed E-state index contributed by atoms with van der Waals surface area (Å²) in [7, 11) is 1.75. The maximum Gasteiger partial charge on any atom is 0.234 e. The predicted octanol–water partition coefficient (Wildman–Crippen LogP) is 1.37. The molecule has 5 heteroatoms. The standard InChI is InChI=1S/C16H33N3O2/c1-12(2)5-6-13(3)18-16(20)11-19-8-7-15(21-4)9-14(19)10-17/h12-15H,5-11,17H2,1-4H3,(H,18,20). The van der Waals surface area contributed by atoms with Gasteiger partial charge in [0, 0.05) is 32.3 Å². The maximum absolute atomic E-state index is 12.2. The van der Waals surface area contributed by atoms with Gasteiger partial charge in [0.2, 0.25) is 5.91 Å². The van der Waals surface area contributed by atoms with Gasteiger partial charge < -0.3 is 15.8 Å². The van der Waals surface area contributed by atoms with E-state index in [2.05, 4.69) is 31.0 Å². The molecule has 3 atom stereocenters. The van der Waals surface area contributed by atoms with E-state index in [1.54, 1.807) is 7.11 Å². The molecule has 3 N–H and O–H groups in total. The van der Waals surface area contributed by atoms with Crippen molar-refractivity contribution < 1.29 is 9.53 Å². The van der Waals surface area contributed by atoms with E-state index < -0.39 is 0 Å². The zero-order valence-corrected chi connectivity index (χ0v) is 14.1. The van der Waals surface area contributed by atoms with E-state index in [9.17, 15) is 4.79 Å². The minimum absolute atomic E-state index is 0.112. The Morgan fingerprint density at radius 1 is 1.38 bits per heavy atom. The summed E-state index contributed by atoms with van der Waals surface area (Å²) >= 11 is 0. The second-order valence-corrected chi connectivity index (χ2v) is 6.68. The van der Waals surface area contributed by atoms with E-state index in [0.29, 0.717) is 19.0 Å². The monoisotopic (exact) mass is 299 g/mol. The summed E-state index contributed by atoms with van der Waals surface area (Å²) in [5, 5.41) is 3.10. The molecule has 5 nitrogen and oxygen atoms in total. The highest BCUT2D eigenvalue weighted by Gasteiger charge is 2.28. The molecule has 0 bridgehead atoms. The highest BCUT2D eigenvalue weighted by atomic mass is 16.5. The average molecular weight is 299 g/mol. The molecule has 0 saturated carbocycles. The molecule has 1 fully saturated rings. The summed E-state index contributed by atoms with van der Waals surface area (Å²) in [6.45, 7) is 8.41. The molecule has 1 amide bonds. The molecule has 0 radical (unpaired) electrons. The van der Waals surface area contributed by atoms with E-state index in [-0.39, 0.29) is 24.1 Å². The quantitative estimate of drug-likeness (QED) is 0.710. The first-order chi connectivity index (χ1) is 9.96. The summed E-state index contributed by atoms with van der Waals surface area (Å²) < 4.78 is 5.41. The van der Waals surface area contributed by atoms with Gasteiger partial charge in [0.25, 0.3) is 0 Å². The molecule has 21 heavy (non-hydrogen) atoms. The lowest BCUT2D eigenvalue weighted by Crippen LogP contribution is -2.52. The van der Waals surface area contributed by atoms with Crippen LogP contribution in [0.5, 0.6) is 0 Å². The molecule has 1 saturated heterocycles. The van der Waals surface area contributed by atoms with Crippen molar-refractivity contribution in [1.82, 2.24) is 10.2 Å². The maximum atomic E-state index is 12.2. The summed E-state index contributed by atoms with van der Waals surface area (Å²) in [4.78, 5) is 14.3. The van der Waals surface area contributed by atoms with Crippen molar-refractivity contribution in [2.24, 2.45) is 11.7 Å². The third-order valence-electron chi connectivity index (χ3n) is 4.33. The number of methoxy groups -OCH3 is 1. The van der Waals surface area contributed by atoms with Crippen LogP contribution < -0.4 is 11.1 Å². The molecular formula is C16H33N3O2. The molecule has 124 valence electrons. The van der Waals surface area contributed by atoms with Crippen LogP contribution in [0.4, 0.5) is 0 Å². The van der Waals surface area contributed by atoms with Gasteiger partial charge in [-0.3, -0.25) is 9.69 Å². The number of carbonyl (C=O) groups is 1. The average Bonchev–Trinajstić information content (AvgIpc) is 2.45. The topological polar surface area (TPSA) is 67.6 Å². The number of hydrogen-bond donors (Lipinski definition) is 2. The Morgan fingerprint density at radius 3 is 2.67 bits per heavy atom. The second-order valence-electron chi connectivity index (χ2n) is 6.68. The van der Waals surface area contributed by atoms with Gasteiger partial charge in [0.05, 0.1) is 12.6 Å². The highest BCUT2D eigenvalue weighted by molar-refractivity contribution is 5.78. The number of nitrogens with zero attached hydrogens (tertiary/aromatic N) is 1. The molecule has 0 aromatic carbocycles. The molecule has 3 unspecified atom stereocenters. The first-order valence-electron chi connectivity index (χ1n) is 8.22. The van der Waals surface area contributed by atoms with Crippen LogP contribution in [0.1, 0.15) is 46.5 Å². The van der Waals surface area contributed by atoms with E-state index in [0.717, 1.165) is 32.2 Å². The SMILES string of the molecule is COC1CCN(CC(=O)NC(C)CCC(C)C)C(CN)C1. The number of rotatable bonds is 8. The zero-order valence-electron chi connectivity index (χ0n) is 14.1. The first kappa shape index (κ1) is 18.4. The van der Waals surface area contributed by atoms with Crippen molar-refractivity contribution in [1.29, 1.82) is 0 Å². The van der Waals surface area contributed by atoms with Crippen LogP contribution in [0.15, 0.2) is 0 Å². The largest absolute Gasteiger partial charge is 0.381 e. The van der Waals surface area contributed by atoms with Gasteiger partial charge in [0.15, 0.2) is 0 Å². The summed E-state index contributed by atoms with van der Waals surface area (Å²) in [6, 6.07) is 0.494. The molecule has 0 aromatic heterocycles. The van der Waals surface area contributed by atoms with Crippen LogP contribution in [0.3, 0.4) is 0 Å². The van der Waals surface area contributed by atoms with Crippen molar-refractivity contribution in [3.63, 3.8) is 0 Å². The fourth-order valence-electron chi connectivity index (χ4n) is 2.89. The zero-order chi connectivity index (χ0) is 15.8. The number of hydrogen-bond acceptors (Lipinski definition) is 4. The van der Waals surface area contributed by atoms with Crippen LogP contribution in [-0.4, -0.2) is 55.7 Å². The lowest BCUT2D eigenvalue weighted by molar-refractivity contribution is -0.124. The number of likely N-dealkylation sites (tertiary alicyclic amines) is 1. The first-order valence-corrected chi connectivity index (χ1v) is 8.22. The summed E-state index contributed by atoms with van der Waals surface area (Å²) in [5.41, 5.74) is 5.84. The molecule has 1 aliphatic heterocycles. The molecule has 0 spiro atoms. The van der Waals surface area contributed by atoms with Gasteiger partial charge in [-0.2, -0.15) is 0 Å². The minimum atomic E-state index is 0.112. The van der Waals surface area contributed by atoms with Crippen LogP contribution >= 0.6 is 0 Å². The minimum Gasteiger partial charge on any atom is -0.381 e. The highest BCUT2D eigenvalue weighted by Crippen LogP contribution is 2.18. The molecule has 1 aliphatic rings. The summed E-state index contributed by atoms with van der Waals surface area (Å²) in [5.74, 6) is 0.791. The Hall–Kier alpha value is -0.650. The number of nitrogens with two attached hydrogens (primary N) is 1. The van der Waals surface area contributed by atoms with Crippen LogP contribution in [0, 0.1) is 5.92 Å². The van der Waals surface area contributed by atoms with Crippen molar-refractivity contribution in [2.45, 2.75) is 64.6 Å². The van der Waals surface area contributed by atoms with E-state index in [4.69, 9.17) is 10.5 Å². The molecule has 0 aliphatic carbocycles. The van der Waals surface area contributed by atoms with Crippen molar-refractivity contribution in [2.75, 3.05) is 26.7 Å².